The number of aryl methyl sites for hydroxylation is 1. The lowest BCUT2D eigenvalue weighted by Gasteiger charge is -2.21. The Morgan fingerprint density at radius 3 is 2.76 bits per heavy atom. The number of halogens is 3. The molecule has 2 unspecified atom stereocenters. The van der Waals surface area contributed by atoms with E-state index >= 15 is 0 Å². The quantitative estimate of drug-likeness (QED) is 0.913. The van der Waals surface area contributed by atoms with Gasteiger partial charge in [-0.05, 0) is 42.2 Å². The molecule has 0 bridgehead atoms. The summed E-state index contributed by atoms with van der Waals surface area (Å²) in [6, 6.07) is 8.68. The fourth-order valence-corrected chi connectivity index (χ4v) is 2.95. The molecule has 0 fully saturated rings. The minimum Gasteiger partial charge on any atom is -0.323 e. The first kappa shape index (κ1) is 14.1. The summed E-state index contributed by atoms with van der Waals surface area (Å²) >= 11 is 0. The van der Waals surface area contributed by atoms with E-state index in [2.05, 4.69) is 4.98 Å². The lowest BCUT2D eigenvalue weighted by atomic mass is 9.90. The second-order valence-corrected chi connectivity index (χ2v) is 5.34. The smallest absolute Gasteiger partial charge is 0.323 e. The van der Waals surface area contributed by atoms with Crippen LogP contribution in [0.1, 0.15) is 40.8 Å². The molecule has 1 aromatic carbocycles. The van der Waals surface area contributed by atoms with Crippen LogP contribution in [0.25, 0.3) is 0 Å². The largest absolute Gasteiger partial charge is 0.416 e. The number of fused-ring (bicyclic) bond motifs is 1. The van der Waals surface area contributed by atoms with E-state index in [9.17, 15) is 13.2 Å². The van der Waals surface area contributed by atoms with Gasteiger partial charge in [-0.2, -0.15) is 13.2 Å². The van der Waals surface area contributed by atoms with Crippen LogP contribution in [0.3, 0.4) is 0 Å². The van der Waals surface area contributed by atoms with E-state index in [1.165, 1.54) is 6.07 Å². The predicted octanol–water partition coefficient (Wildman–Crippen LogP) is 3.83. The standard InChI is InChI=1S/C16H15F3N2/c17-16(18,19)12-5-1-3-11(9-12)14(20)13-7-6-10-4-2-8-21-15(10)13/h1-5,8-9,13-14H,6-7,20H2. The molecule has 2 atom stereocenters. The van der Waals surface area contributed by atoms with Gasteiger partial charge in [0.25, 0.3) is 0 Å². The van der Waals surface area contributed by atoms with E-state index in [-0.39, 0.29) is 5.92 Å². The van der Waals surface area contributed by atoms with Crippen LogP contribution in [-0.4, -0.2) is 4.98 Å². The number of rotatable bonds is 2. The molecule has 1 aliphatic rings. The highest BCUT2D eigenvalue weighted by Gasteiger charge is 2.33. The molecule has 2 aromatic rings. The highest BCUT2D eigenvalue weighted by molar-refractivity contribution is 5.35. The van der Waals surface area contributed by atoms with Gasteiger partial charge in [-0.3, -0.25) is 4.98 Å². The molecule has 1 aliphatic carbocycles. The van der Waals surface area contributed by atoms with Gasteiger partial charge in [0.15, 0.2) is 0 Å². The van der Waals surface area contributed by atoms with Crippen LogP contribution >= 0.6 is 0 Å². The van der Waals surface area contributed by atoms with Crippen molar-refractivity contribution >= 4 is 0 Å². The Hall–Kier alpha value is -1.88. The summed E-state index contributed by atoms with van der Waals surface area (Å²) in [5, 5.41) is 0. The van der Waals surface area contributed by atoms with Crippen LogP contribution < -0.4 is 5.73 Å². The van der Waals surface area contributed by atoms with E-state index in [0.29, 0.717) is 5.56 Å². The van der Waals surface area contributed by atoms with Crippen molar-refractivity contribution in [2.24, 2.45) is 5.73 Å². The van der Waals surface area contributed by atoms with E-state index in [1.807, 2.05) is 12.1 Å². The van der Waals surface area contributed by atoms with E-state index < -0.39 is 17.8 Å². The number of aromatic nitrogens is 1. The maximum Gasteiger partial charge on any atom is 0.416 e. The molecule has 3 rings (SSSR count). The van der Waals surface area contributed by atoms with Crippen molar-refractivity contribution in [2.75, 3.05) is 0 Å². The van der Waals surface area contributed by atoms with Crippen molar-refractivity contribution in [3.05, 3.63) is 65.0 Å². The Morgan fingerprint density at radius 2 is 2.00 bits per heavy atom. The number of pyridine rings is 1. The topological polar surface area (TPSA) is 38.9 Å². The Kier molecular flexibility index (Phi) is 3.45. The number of benzene rings is 1. The van der Waals surface area contributed by atoms with Gasteiger partial charge < -0.3 is 5.73 Å². The number of hydrogen-bond acceptors (Lipinski definition) is 2. The second kappa shape index (κ2) is 5.15. The molecule has 2 nitrogen and oxygen atoms in total. The summed E-state index contributed by atoms with van der Waals surface area (Å²) in [5.74, 6) is -0.0234. The zero-order valence-electron chi connectivity index (χ0n) is 11.3. The van der Waals surface area contributed by atoms with Crippen LogP contribution in [0.5, 0.6) is 0 Å². The molecular formula is C16H15F3N2. The average Bonchev–Trinajstić information content (AvgIpc) is 2.90. The van der Waals surface area contributed by atoms with Gasteiger partial charge in [0.05, 0.1) is 5.56 Å². The maximum absolute atomic E-state index is 12.8. The van der Waals surface area contributed by atoms with Crippen molar-refractivity contribution in [1.29, 1.82) is 0 Å². The summed E-state index contributed by atoms with van der Waals surface area (Å²) in [7, 11) is 0. The summed E-state index contributed by atoms with van der Waals surface area (Å²) in [5.41, 5.74) is 8.13. The molecule has 0 saturated carbocycles. The minimum atomic E-state index is -4.35. The molecular weight excluding hydrogens is 277 g/mol. The lowest BCUT2D eigenvalue weighted by molar-refractivity contribution is -0.137. The third-order valence-electron chi connectivity index (χ3n) is 4.03. The molecule has 0 amide bonds. The third-order valence-corrected chi connectivity index (χ3v) is 4.03. The summed E-state index contributed by atoms with van der Waals surface area (Å²) < 4.78 is 38.4. The summed E-state index contributed by atoms with van der Waals surface area (Å²) in [6.45, 7) is 0. The van der Waals surface area contributed by atoms with Crippen molar-refractivity contribution < 1.29 is 13.2 Å². The maximum atomic E-state index is 12.8. The molecule has 0 radical (unpaired) electrons. The Balaban J connectivity index is 1.92. The van der Waals surface area contributed by atoms with Crippen molar-refractivity contribution in [1.82, 2.24) is 4.98 Å². The first-order valence-electron chi connectivity index (χ1n) is 6.83. The second-order valence-electron chi connectivity index (χ2n) is 5.34. The van der Waals surface area contributed by atoms with E-state index in [0.717, 1.165) is 36.2 Å². The minimum absolute atomic E-state index is 0.0234. The highest BCUT2D eigenvalue weighted by Crippen LogP contribution is 2.40. The number of alkyl halides is 3. The molecule has 0 saturated heterocycles. The van der Waals surface area contributed by atoms with Crippen LogP contribution in [0.2, 0.25) is 0 Å². The number of nitrogens with two attached hydrogens (primary N) is 1. The predicted molar refractivity (Wildman–Crippen MR) is 73.7 cm³/mol. The fourth-order valence-electron chi connectivity index (χ4n) is 2.95. The first-order valence-corrected chi connectivity index (χ1v) is 6.83. The van der Waals surface area contributed by atoms with Crippen LogP contribution in [0.15, 0.2) is 42.6 Å². The molecule has 110 valence electrons. The van der Waals surface area contributed by atoms with E-state index in [1.54, 1.807) is 12.3 Å². The molecule has 0 spiro atoms. The van der Waals surface area contributed by atoms with Gasteiger partial charge in [-0.1, -0.05) is 18.2 Å². The van der Waals surface area contributed by atoms with Gasteiger partial charge in [0, 0.05) is 23.9 Å². The number of hydrogen-bond donors (Lipinski definition) is 1. The summed E-state index contributed by atoms with van der Waals surface area (Å²) in [4.78, 5) is 4.36. The first-order chi connectivity index (χ1) is 9.97. The Bertz CT molecular complexity index is 652. The average molecular weight is 292 g/mol. The van der Waals surface area contributed by atoms with Crippen LogP contribution in [0, 0.1) is 0 Å². The normalized spacial score (nSPS) is 19.3. The highest BCUT2D eigenvalue weighted by atomic mass is 19.4. The molecule has 21 heavy (non-hydrogen) atoms. The van der Waals surface area contributed by atoms with Gasteiger partial charge in [0.1, 0.15) is 0 Å². The molecule has 0 aliphatic heterocycles. The van der Waals surface area contributed by atoms with Crippen molar-refractivity contribution in [3.8, 4) is 0 Å². The summed E-state index contributed by atoms with van der Waals surface area (Å²) in [6.07, 6.45) is -0.943. The van der Waals surface area contributed by atoms with Gasteiger partial charge in [-0.15, -0.1) is 0 Å². The van der Waals surface area contributed by atoms with Crippen molar-refractivity contribution in [3.63, 3.8) is 0 Å². The Labute approximate surface area is 120 Å². The number of nitrogens with zero attached hydrogens (tertiary/aromatic N) is 1. The Morgan fingerprint density at radius 1 is 1.19 bits per heavy atom. The van der Waals surface area contributed by atoms with E-state index in [4.69, 9.17) is 5.73 Å². The van der Waals surface area contributed by atoms with Gasteiger partial charge in [-0.25, -0.2) is 0 Å². The monoisotopic (exact) mass is 292 g/mol. The fraction of sp³-hybridized carbons (Fsp3) is 0.312. The zero-order valence-corrected chi connectivity index (χ0v) is 11.3. The molecule has 2 N–H and O–H groups in total. The zero-order chi connectivity index (χ0) is 15.0. The molecule has 1 heterocycles. The SMILES string of the molecule is NC(c1cccc(C(F)(F)F)c1)C1CCc2cccnc21. The van der Waals surface area contributed by atoms with Crippen molar-refractivity contribution in [2.45, 2.75) is 31.0 Å². The van der Waals surface area contributed by atoms with Crippen LogP contribution in [0.4, 0.5) is 13.2 Å². The van der Waals surface area contributed by atoms with Gasteiger partial charge >= 0.3 is 6.18 Å². The lowest BCUT2D eigenvalue weighted by Crippen LogP contribution is -2.19. The molecule has 1 aromatic heterocycles. The van der Waals surface area contributed by atoms with Crippen LogP contribution in [-0.2, 0) is 12.6 Å². The van der Waals surface area contributed by atoms with Gasteiger partial charge in [0.2, 0.25) is 0 Å². The molecule has 5 heteroatoms. The third kappa shape index (κ3) is 2.65.